The van der Waals surface area contributed by atoms with Gasteiger partial charge in [-0.2, -0.15) is 0 Å². The quantitative estimate of drug-likeness (QED) is 0.869. The number of carbonyl (C=O) groups is 1. The molecular weight excluding hydrogens is 284 g/mol. The highest BCUT2D eigenvalue weighted by Crippen LogP contribution is 2.32. The lowest BCUT2D eigenvalue weighted by atomic mass is 9.97. The lowest BCUT2D eigenvalue weighted by Gasteiger charge is -2.16. The van der Waals surface area contributed by atoms with E-state index in [0.29, 0.717) is 38.0 Å². The molecule has 2 heterocycles. The number of carbonyl (C=O) groups excluding carboxylic acids is 1. The van der Waals surface area contributed by atoms with Gasteiger partial charge in [-0.15, -0.1) is 10.2 Å². The zero-order valence-corrected chi connectivity index (χ0v) is 13.8. The molecule has 0 aromatic carbocycles. The maximum Gasteiger partial charge on any atom is 0.317 e. The van der Waals surface area contributed by atoms with Gasteiger partial charge >= 0.3 is 6.03 Å². The molecule has 2 rings (SSSR count). The zero-order chi connectivity index (χ0) is 16.1. The van der Waals surface area contributed by atoms with Gasteiger partial charge in [0.15, 0.2) is 0 Å². The molecule has 1 fully saturated rings. The fourth-order valence-corrected chi connectivity index (χ4v) is 2.67. The third kappa shape index (κ3) is 3.76. The van der Waals surface area contributed by atoms with Crippen molar-refractivity contribution >= 4 is 6.03 Å². The van der Waals surface area contributed by atoms with E-state index in [1.807, 2.05) is 25.7 Å². The van der Waals surface area contributed by atoms with Gasteiger partial charge in [0.1, 0.15) is 0 Å². The van der Waals surface area contributed by atoms with Crippen molar-refractivity contribution in [1.82, 2.24) is 20.4 Å². The number of hydrogen-bond donors (Lipinski definition) is 1. The number of rotatable bonds is 6. The number of urea groups is 1. The van der Waals surface area contributed by atoms with Crippen LogP contribution < -0.4 is 5.32 Å². The van der Waals surface area contributed by atoms with E-state index in [1.54, 1.807) is 7.11 Å². The molecule has 0 aliphatic carbocycles. The van der Waals surface area contributed by atoms with E-state index < -0.39 is 0 Å². The Morgan fingerprint density at radius 3 is 2.82 bits per heavy atom. The lowest BCUT2D eigenvalue weighted by molar-refractivity contribution is 0.144. The summed E-state index contributed by atoms with van der Waals surface area (Å²) in [5.41, 5.74) is 0. The number of nitrogens with one attached hydrogen (secondary N) is 1. The van der Waals surface area contributed by atoms with Crippen LogP contribution in [0.5, 0.6) is 0 Å². The molecule has 1 aromatic heterocycles. The highest BCUT2D eigenvalue weighted by molar-refractivity contribution is 5.74. The van der Waals surface area contributed by atoms with Crippen LogP contribution in [0, 0.1) is 5.92 Å². The van der Waals surface area contributed by atoms with Gasteiger partial charge in [0.2, 0.25) is 11.8 Å². The van der Waals surface area contributed by atoms with Gasteiger partial charge < -0.3 is 19.4 Å². The molecule has 124 valence electrons. The van der Waals surface area contributed by atoms with Crippen LogP contribution in [0.1, 0.15) is 50.8 Å². The average molecular weight is 310 g/mol. The Bertz CT molecular complexity index is 489. The summed E-state index contributed by atoms with van der Waals surface area (Å²) in [5.74, 6) is 1.66. The zero-order valence-electron chi connectivity index (χ0n) is 13.8. The number of hydrogen-bond acceptors (Lipinski definition) is 5. The van der Waals surface area contributed by atoms with Crippen LogP contribution in [-0.2, 0) is 4.74 Å². The topological polar surface area (TPSA) is 80.5 Å². The van der Waals surface area contributed by atoms with Crippen molar-refractivity contribution in [2.75, 3.05) is 33.4 Å². The second-order valence-corrected chi connectivity index (χ2v) is 6.09. The Morgan fingerprint density at radius 1 is 1.45 bits per heavy atom. The summed E-state index contributed by atoms with van der Waals surface area (Å²) >= 11 is 0. The molecule has 1 saturated heterocycles. The standard InChI is InChI=1S/C15H26N4O3/c1-5-6-16-15(20)19-7-11(9-21-4)12(8-19)14-18-17-13(22-14)10(2)3/h10-12H,5-9H2,1-4H3,(H,16,20)/t11-,12+/m0/s1. The summed E-state index contributed by atoms with van der Waals surface area (Å²) in [6, 6.07) is -0.0333. The molecule has 1 aliphatic rings. The van der Waals surface area contributed by atoms with Gasteiger partial charge in [0.25, 0.3) is 0 Å². The van der Waals surface area contributed by atoms with Gasteiger partial charge in [0, 0.05) is 38.6 Å². The van der Waals surface area contributed by atoms with Crippen LogP contribution in [0.4, 0.5) is 4.79 Å². The van der Waals surface area contributed by atoms with Crippen molar-refractivity contribution in [1.29, 1.82) is 0 Å². The van der Waals surface area contributed by atoms with Crippen LogP contribution in [0.15, 0.2) is 4.42 Å². The molecule has 0 spiro atoms. The van der Waals surface area contributed by atoms with Gasteiger partial charge in [-0.1, -0.05) is 20.8 Å². The van der Waals surface area contributed by atoms with Crippen LogP contribution >= 0.6 is 0 Å². The molecule has 0 radical (unpaired) electrons. The number of amides is 2. The predicted octanol–water partition coefficient (Wildman–Crippen LogP) is 1.97. The van der Waals surface area contributed by atoms with Gasteiger partial charge in [-0.3, -0.25) is 0 Å². The van der Waals surface area contributed by atoms with Crippen molar-refractivity contribution in [3.63, 3.8) is 0 Å². The van der Waals surface area contributed by atoms with Crippen LogP contribution in [0.2, 0.25) is 0 Å². The summed E-state index contributed by atoms with van der Waals surface area (Å²) < 4.78 is 11.1. The van der Waals surface area contributed by atoms with E-state index in [1.165, 1.54) is 0 Å². The number of nitrogens with zero attached hydrogens (tertiary/aromatic N) is 3. The summed E-state index contributed by atoms with van der Waals surface area (Å²) in [4.78, 5) is 14.0. The Kier molecular flexibility index (Phi) is 5.76. The summed E-state index contributed by atoms with van der Waals surface area (Å²) in [6.07, 6.45) is 0.923. The molecule has 0 unspecified atom stereocenters. The third-order valence-electron chi connectivity index (χ3n) is 3.90. The number of aromatic nitrogens is 2. The Balaban J connectivity index is 2.08. The van der Waals surface area contributed by atoms with Crippen molar-refractivity contribution < 1.29 is 13.9 Å². The van der Waals surface area contributed by atoms with E-state index in [9.17, 15) is 4.79 Å². The number of likely N-dealkylation sites (tertiary alicyclic amines) is 1. The van der Waals surface area contributed by atoms with Crippen molar-refractivity contribution in [2.45, 2.75) is 39.0 Å². The fourth-order valence-electron chi connectivity index (χ4n) is 2.67. The first-order valence-corrected chi connectivity index (χ1v) is 7.91. The van der Waals surface area contributed by atoms with Crippen molar-refractivity contribution in [3.05, 3.63) is 11.8 Å². The van der Waals surface area contributed by atoms with Crippen LogP contribution in [0.3, 0.4) is 0 Å². The predicted molar refractivity (Wildman–Crippen MR) is 81.8 cm³/mol. The van der Waals surface area contributed by atoms with E-state index in [2.05, 4.69) is 15.5 Å². The van der Waals surface area contributed by atoms with Gasteiger partial charge in [0.05, 0.1) is 12.5 Å². The smallest absolute Gasteiger partial charge is 0.317 e. The Labute approximate surface area is 131 Å². The minimum Gasteiger partial charge on any atom is -0.425 e. The molecule has 1 aromatic rings. The molecule has 0 saturated carbocycles. The first kappa shape index (κ1) is 16.7. The number of methoxy groups -OCH3 is 1. The molecular formula is C15H26N4O3. The normalized spacial score (nSPS) is 21.6. The lowest BCUT2D eigenvalue weighted by Crippen LogP contribution is -2.39. The highest BCUT2D eigenvalue weighted by Gasteiger charge is 2.39. The minimum absolute atomic E-state index is 0.0333. The first-order chi connectivity index (χ1) is 10.6. The maximum atomic E-state index is 12.2. The van der Waals surface area contributed by atoms with Crippen LogP contribution in [-0.4, -0.2) is 54.5 Å². The first-order valence-electron chi connectivity index (χ1n) is 7.91. The third-order valence-corrected chi connectivity index (χ3v) is 3.90. The van der Waals surface area contributed by atoms with Crippen molar-refractivity contribution in [2.24, 2.45) is 5.92 Å². The van der Waals surface area contributed by atoms with E-state index in [4.69, 9.17) is 9.15 Å². The monoisotopic (exact) mass is 310 g/mol. The minimum atomic E-state index is -0.0333. The Hall–Kier alpha value is -1.63. The molecule has 1 N–H and O–H groups in total. The molecule has 0 bridgehead atoms. The van der Waals surface area contributed by atoms with Crippen LogP contribution in [0.25, 0.3) is 0 Å². The maximum absolute atomic E-state index is 12.2. The summed E-state index contributed by atoms with van der Waals surface area (Å²) in [7, 11) is 1.67. The number of ether oxygens (including phenoxy) is 1. The highest BCUT2D eigenvalue weighted by atomic mass is 16.5. The second-order valence-electron chi connectivity index (χ2n) is 6.09. The molecule has 1 aliphatic heterocycles. The largest absolute Gasteiger partial charge is 0.425 e. The second kappa shape index (κ2) is 7.58. The molecule has 7 nitrogen and oxygen atoms in total. The summed E-state index contributed by atoms with van der Waals surface area (Å²) in [6.45, 7) is 8.56. The summed E-state index contributed by atoms with van der Waals surface area (Å²) in [5, 5.41) is 11.2. The van der Waals surface area contributed by atoms with Gasteiger partial charge in [-0.05, 0) is 6.42 Å². The fraction of sp³-hybridized carbons (Fsp3) is 0.800. The molecule has 2 atom stereocenters. The van der Waals surface area contributed by atoms with E-state index >= 15 is 0 Å². The van der Waals surface area contributed by atoms with E-state index in [0.717, 1.165) is 6.42 Å². The van der Waals surface area contributed by atoms with E-state index in [-0.39, 0.29) is 23.8 Å². The molecule has 22 heavy (non-hydrogen) atoms. The molecule has 7 heteroatoms. The average Bonchev–Trinajstić information content (AvgIpc) is 3.11. The SMILES string of the molecule is CCCNC(=O)N1C[C@@H](COC)[C@H](c2nnc(C(C)C)o2)C1. The Morgan fingerprint density at radius 2 is 2.23 bits per heavy atom. The van der Waals surface area contributed by atoms with Crippen molar-refractivity contribution in [3.8, 4) is 0 Å². The molecule has 2 amide bonds. The van der Waals surface area contributed by atoms with Gasteiger partial charge in [-0.25, -0.2) is 4.79 Å².